The number of hydrogen-bond acceptors (Lipinski definition) is 4. The summed E-state index contributed by atoms with van der Waals surface area (Å²) >= 11 is 0. The lowest BCUT2D eigenvalue weighted by Gasteiger charge is -1.98. The van der Waals surface area contributed by atoms with Crippen LogP contribution >= 0.6 is 0 Å². The first-order chi connectivity index (χ1) is 8.68. The number of rotatable bonds is 2. The number of hydrogen-bond donors (Lipinski definition) is 0. The molecule has 0 amide bonds. The van der Waals surface area contributed by atoms with Crippen LogP contribution in [0.15, 0.2) is 36.8 Å². The van der Waals surface area contributed by atoms with E-state index in [1.807, 2.05) is 0 Å². The number of aromatic nitrogens is 4. The van der Waals surface area contributed by atoms with E-state index in [1.165, 1.54) is 4.52 Å². The highest BCUT2D eigenvalue weighted by molar-refractivity contribution is 5.72. The molecule has 0 saturated carbocycles. The fourth-order valence-corrected chi connectivity index (χ4v) is 1.91. The van der Waals surface area contributed by atoms with Gasteiger partial charge in [-0.1, -0.05) is 6.07 Å². The molecule has 0 radical (unpaired) electrons. The second kappa shape index (κ2) is 3.66. The Labute approximate surface area is 101 Å². The van der Waals surface area contributed by atoms with E-state index < -0.39 is 4.92 Å². The van der Waals surface area contributed by atoms with E-state index in [9.17, 15) is 10.1 Å². The first-order valence-electron chi connectivity index (χ1n) is 5.30. The SMILES string of the molecule is Cc1nccn1-c1nn2ccccc2c1[N+](=O)[O-]. The fourth-order valence-electron chi connectivity index (χ4n) is 1.91. The van der Waals surface area contributed by atoms with Crippen molar-refractivity contribution in [1.29, 1.82) is 0 Å². The van der Waals surface area contributed by atoms with Crippen LogP contribution in [-0.2, 0) is 0 Å². The van der Waals surface area contributed by atoms with E-state index >= 15 is 0 Å². The van der Waals surface area contributed by atoms with E-state index in [-0.39, 0.29) is 11.5 Å². The lowest BCUT2D eigenvalue weighted by Crippen LogP contribution is -2.00. The number of nitrogens with zero attached hydrogens (tertiary/aromatic N) is 5. The predicted molar refractivity (Wildman–Crippen MR) is 63.7 cm³/mol. The summed E-state index contributed by atoms with van der Waals surface area (Å²) in [6.45, 7) is 1.77. The van der Waals surface area contributed by atoms with E-state index in [4.69, 9.17) is 0 Å². The van der Waals surface area contributed by atoms with Gasteiger partial charge in [0.05, 0.1) is 4.92 Å². The highest BCUT2D eigenvalue weighted by Crippen LogP contribution is 2.27. The molecule has 0 N–H and O–H groups in total. The second-order valence-corrected chi connectivity index (χ2v) is 3.80. The summed E-state index contributed by atoms with van der Waals surface area (Å²) in [6.07, 6.45) is 4.92. The zero-order valence-corrected chi connectivity index (χ0v) is 9.52. The van der Waals surface area contributed by atoms with Crippen molar-refractivity contribution in [2.24, 2.45) is 0 Å². The van der Waals surface area contributed by atoms with Gasteiger partial charge >= 0.3 is 5.69 Å². The number of nitro groups is 1. The molecule has 0 atom stereocenters. The van der Waals surface area contributed by atoms with Gasteiger partial charge in [0.25, 0.3) is 0 Å². The van der Waals surface area contributed by atoms with Crippen LogP contribution in [0.1, 0.15) is 5.82 Å². The van der Waals surface area contributed by atoms with Crippen LogP contribution < -0.4 is 0 Å². The average molecular weight is 243 g/mol. The van der Waals surface area contributed by atoms with E-state index in [1.54, 1.807) is 48.3 Å². The van der Waals surface area contributed by atoms with Gasteiger partial charge in [-0.05, 0) is 19.1 Å². The van der Waals surface area contributed by atoms with Crippen molar-refractivity contribution in [3.05, 3.63) is 52.7 Å². The normalized spacial score (nSPS) is 10.9. The molecule has 0 spiro atoms. The molecule has 0 aromatic carbocycles. The summed E-state index contributed by atoms with van der Waals surface area (Å²) in [6, 6.07) is 5.18. The maximum Gasteiger partial charge on any atom is 0.339 e. The quantitative estimate of drug-likeness (QED) is 0.507. The van der Waals surface area contributed by atoms with Crippen LogP contribution in [0.2, 0.25) is 0 Å². The van der Waals surface area contributed by atoms with Crippen molar-refractivity contribution in [3.63, 3.8) is 0 Å². The summed E-state index contributed by atoms with van der Waals surface area (Å²) in [4.78, 5) is 14.9. The van der Waals surface area contributed by atoms with Crippen molar-refractivity contribution in [2.75, 3.05) is 0 Å². The molecule has 0 saturated heterocycles. The standard InChI is InChI=1S/C11H9N5O2/c1-8-12-5-7-14(8)11-10(16(17)18)9-4-2-3-6-15(9)13-11/h2-7H,1H3. The van der Waals surface area contributed by atoms with Crippen molar-refractivity contribution in [2.45, 2.75) is 6.92 Å². The molecular formula is C11H9N5O2. The van der Waals surface area contributed by atoms with Gasteiger partial charge in [0.2, 0.25) is 5.82 Å². The molecular weight excluding hydrogens is 234 g/mol. The summed E-state index contributed by atoms with van der Waals surface area (Å²) in [5, 5.41) is 15.5. The second-order valence-electron chi connectivity index (χ2n) is 3.80. The van der Waals surface area contributed by atoms with E-state index in [2.05, 4.69) is 10.1 Å². The number of fused-ring (bicyclic) bond motifs is 1. The molecule has 18 heavy (non-hydrogen) atoms. The number of pyridine rings is 1. The molecule has 90 valence electrons. The minimum Gasteiger partial charge on any atom is -0.281 e. The molecule has 0 aliphatic carbocycles. The van der Waals surface area contributed by atoms with Crippen LogP contribution in [0, 0.1) is 17.0 Å². The van der Waals surface area contributed by atoms with Gasteiger partial charge in [-0.3, -0.25) is 14.7 Å². The monoisotopic (exact) mass is 243 g/mol. The van der Waals surface area contributed by atoms with Gasteiger partial charge in [-0.15, -0.1) is 5.10 Å². The molecule has 3 aromatic rings. The Hall–Kier alpha value is -2.70. The molecule has 7 nitrogen and oxygen atoms in total. The lowest BCUT2D eigenvalue weighted by molar-refractivity contribution is -0.382. The molecule has 0 aliphatic rings. The number of aryl methyl sites for hydroxylation is 1. The summed E-state index contributed by atoms with van der Waals surface area (Å²) in [7, 11) is 0. The molecule has 0 bridgehead atoms. The molecule has 0 unspecified atom stereocenters. The molecule has 3 heterocycles. The average Bonchev–Trinajstić information content (AvgIpc) is 2.91. The minimum atomic E-state index is -0.420. The van der Waals surface area contributed by atoms with Crippen molar-refractivity contribution in [3.8, 4) is 5.82 Å². The molecule has 0 aliphatic heterocycles. The first kappa shape index (κ1) is 10.5. The minimum absolute atomic E-state index is 0.0169. The van der Waals surface area contributed by atoms with Gasteiger partial charge in [0, 0.05) is 18.6 Å². The predicted octanol–water partition coefficient (Wildman–Crippen LogP) is 1.74. The highest BCUT2D eigenvalue weighted by Gasteiger charge is 2.25. The van der Waals surface area contributed by atoms with Crippen molar-refractivity contribution in [1.82, 2.24) is 19.2 Å². The van der Waals surface area contributed by atoms with Gasteiger partial charge < -0.3 is 0 Å². The van der Waals surface area contributed by atoms with Crippen LogP contribution in [0.4, 0.5) is 5.69 Å². The fraction of sp³-hybridized carbons (Fsp3) is 0.0909. The van der Waals surface area contributed by atoms with Gasteiger partial charge in [-0.25, -0.2) is 9.50 Å². The zero-order chi connectivity index (χ0) is 12.7. The summed E-state index contributed by atoms with van der Waals surface area (Å²) in [5.74, 6) is 0.933. The molecule has 3 aromatic heterocycles. The van der Waals surface area contributed by atoms with Gasteiger partial charge in [-0.2, -0.15) is 0 Å². The third-order valence-corrected chi connectivity index (χ3v) is 2.73. The van der Waals surface area contributed by atoms with Gasteiger partial charge in [0.15, 0.2) is 0 Å². The molecule has 7 heteroatoms. The third kappa shape index (κ3) is 1.37. The van der Waals surface area contributed by atoms with Crippen LogP contribution in [0.5, 0.6) is 0 Å². The van der Waals surface area contributed by atoms with E-state index in [0.29, 0.717) is 11.3 Å². The maximum atomic E-state index is 11.2. The summed E-state index contributed by atoms with van der Waals surface area (Å²) < 4.78 is 3.10. The Morgan fingerprint density at radius 3 is 2.83 bits per heavy atom. The Morgan fingerprint density at radius 2 is 2.17 bits per heavy atom. The topological polar surface area (TPSA) is 78.3 Å². The zero-order valence-electron chi connectivity index (χ0n) is 9.52. The third-order valence-electron chi connectivity index (χ3n) is 2.73. The van der Waals surface area contributed by atoms with Crippen LogP contribution in [-0.4, -0.2) is 24.1 Å². The Kier molecular flexibility index (Phi) is 2.12. The molecule has 3 rings (SSSR count). The van der Waals surface area contributed by atoms with Crippen LogP contribution in [0.25, 0.3) is 11.3 Å². The van der Waals surface area contributed by atoms with Gasteiger partial charge in [0.1, 0.15) is 11.3 Å². The highest BCUT2D eigenvalue weighted by atomic mass is 16.6. The Bertz CT molecular complexity index is 743. The number of imidazole rings is 1. The van der Waals surface area contributed by atoms with Crippen molar-refractivity contribution < 1.29 is 4.92 Å². The lowest BCUT2D eigenvalue weighted by atomic mass is 10.3. The van der Waals surface area contributed by atoms with E-state index in [0.717, 1.165) is 0 Å². The first-order valence-corrected chi connectivity index (χ1v) is 5.30. The largest absolute Gasteiger partial charge is 0.339 e. The molecule has 0 fully saturated rings. The Morgan fingerprint density at radius 1 is 1.33 bits per heavy atom. The Balaban J connectivity index is 2.39. The summed E-state index contributed by atoms with van der Waals surface area (Å²) in [5.41, 5.74) is 0.447. The smallest absolute Gasteiger partial charge is 0.281 e. The maximum absolute atomic E-state index is 11.2. The van der Waals surface area contributed by atoms with Crippen molar-refractivity contribution >= 4 is 11.2 Å². The van der Waals surface area contributed by atoms with Crippen LogP contribution in [0.3, 0.4) is 0 Å².